The van der Waals surface area contributed by atoms with E-state index in [9.17, 15) is 9.59 Å². The molecule has 1 heterocycles. The molecule has 0 N–H and O–H groups in total. The molecule has 1 aliphatic rings. The lowest BCUT2D eigenvalue weighted by atomic mass is 10.2. The molecule has 1 aromatic carbocycles. The predicted molar refractivity (Wildman–Crippen MR) is 92.1 cm³/mol. The summed E-state index contributed by atoms with van der Waals surface area (Å²) in [6, 6.07) is 10.2. The van der Waals surface area contributed by atoms with E-state index in [1.54, 1.807) is 23.5 Å². The number of benzene rings is 1. The highest BCUT2D eigenvalue weighted by atomic mass is 32.2. The van der Waals surface area contributed by atoms with E-state index in [1.807, 2.05) is 23.1 Å². The summed E-state index contributed by atoms with van der Waals surface area (Å²) in [7, 11) is 1.40. The number of methoxy groups -OCH3 is 1. The van der Waals surface area contributed by atoms with Gasteiger partial charge < -0.3 is 9.64 Å². The minimum atomic E-state index is -0.201. The van der Waals surface area contributed by atoms with Crippen molar-refractivity contribution in [2.45, 2.75) is 17.4 Å². The van der Waals surface area contributed by atoms with Crippen molar-refractivity contribution < 1.29 is 14.3 Å². The Balaban J connectivity index is 1.65. The first-order valence-electron chi connectivity index (χ1n) is 7.27. The Morgan fingerprint density at radius 3 is 2.77 bits per heavy atom. The van der Waals surface area contributed by atoms with E-state index in [-0.39, 0.29) is 11.9 Å². The van der Waals surface area contributed by atoms with Crippen LogP contribution in [0.2, 0.25) is 0 Å². The molecule has 6 heteroatoms. The molecule has 1 aromatic rings. The van der Waals surface area contributed by atoms with Crippen molar-refractivity contribution in [3.05, 3.63) is 35.9 Å². The van der Waals surface area contributed by atoms with Gasteiger partial charge >= 0.3 is 5.97 Å². The first-order chi connectivity index (χ1) is 10.7. The van der Waals surface area contributed by atoms with Gasteiger partial charge in [-0.2, -0.15) is 0 Å². The number of hydrogen-bond donors (Lipinski definition) is 0. The fourth-order valence-electron chi connectivity index (χ4n) is 2.26. The Morgan fingerprint density at radius 2 is 2.05 bits per heavy atom. The molecule has 0 bridgehead atoms. The fourth-order valence-corrected chi connectivity index (χ4v) is 4.19. The molecule has 1 amide bonds. The first-order valence-corrected chi connectivity index (χ1v) is 9.47. The smallest absolute Gasteiger partial charge is 0.315 e. The number of esters is 1. The summed E-state index contributed by atoms with van der Waals surface area (Å²) in [6.07, 6.45) is 0.955. The second-order valence-electron chi connectivity index (χ2n) is 5.12. The minimum absolute atomic E-state index is 0.196. The highest BCUT2D eigenvalue weighted by molar-refractivity contribution is 8.00. The average molecular weight is 339 g/mol. The zero-order valence-corrected chi connectivity index (χ0v) is 14.3. The van der Waals surface area contributed by atoms with Gasteiger partial charge in [0, 0.05) is 24.1 Å². The van der Waals surface area contributed by atoms with Gasteiger partial charge in [-0.1, -0.05) is 30.3 Å². The van der Waals surface area contributed by atoms with E-state index in [2.05, 4.69) is 16.9 Å². The second-order valence-corrected chi connectivity index (χ2v) is 7.39. The Kier molecular flexibility index (Phi) is 7.12. The molecular weight excluding hydrogens is 318 g/mol. The summed E-state index contributed by atoms with van der Waals surface area (Å²) in [4.78, 5) is 25.2. The van der Waals surface area contributed by atoms with Crippen LogP contribution in [0, 0.1) is 0 Å². The fraction of sp³-hybridized carbons (Fsp3) is 0.500. The van der Waals surface area contributed by atoms with Crippen molar-refractivity contribution in [2.75, 3.05) is 31.7 Å². The van der Waals surface area contributed by atoms with Gasteiger partial charge in [-0.25, -0.2) is 0 Å². The maximum Gasteiger partial charge on any atom is 0.315 e. The molecule has 1 saturated heterocycles. The van der Waals surface area contributed by atoms with Crippen molar-refractivity contribution in [1.29, 1.82) is 0 Å². The standard InChI is InChI=1S/C16H21NO3S2/c1-20-16(19)12-22-14-7-8-17(9-14)15(18)11-21-10-13-5-3-2-4-6-13/h2-6,14H,7-12H2,1H3/t14-/m0/s1. The number of rotatable bonds is 7. The second kappa shape index (κ2) is 9.10. The van der Waals surface area contributed by atoms with Crippen LogP contribution in [0.5, 0.6) is 0 Å². The lowest BCUT2D eigenvalue weighted by Gasteiger charge is -2.16. The Labute approximate surface area is 140 Å². The van der Waals surface area contributed by atoms with E-state index in [1.165, 1.54) is 12.7 Å². The lowest BCUT2D eigenvalue weighted by Crippen LogP contribution is -2.30. The molecule has 0 spiro atoms. The normalized spacial score (nSPS) is 17.5. The van der Waals surface area contributed by atoms with Crippen LogP contribution in [0.3, 0.4) is 0 Å². The molecule has 1 aliphatic heterocycles. The molecule has 2 rings (SSSR count). The predicted octanol–water partition coefficient (Wildman–Crippen LogP) is 2.43. The molecule has 1 atom stereocenters. The molecule has 0 saturated carbocycles. The highest BCUT2D eigenvalue weighted by Gasteiger charge is 2.26. The number of ether oxygens (including phenoxy) is 1. The van der Waals surface area contributed by atoms with Gasteiger partial charge in [-0.15, -0.1) is 23.5 Å². The SMILES string of the molecule is COC(=O)CS[C@H]1CCN(C(=O)CSCc2ccccc2)C1. The summed E-state index contributed by atoms with van der Waals surface area (Å²) >= 11 is 3.24. The van der Waals surface area contributed by atoms with E-state index in [4.69, 9.17) is 0 Å². The molecule has 4 nitrogen and oxygen atoms in total. The molecule has 0 radical (unpaired) electrons. The van der Waals surface area contributed by atoms with Crippen molar-refractivity contribution in [3.63, 3.8) is 0 Å². The van der Waals surface area contributed by atoms with Gasteiger partial charge in [0.05, 0.1) is 18.6 Å². The number of likely N-dealkylation sites (tertiary alicyclic amines) is 1. The van der Waals surface area contributed by atoms with Crippen LogP contribution in [-0.2, 0) is 20.1 Å². The number of carbonyl (C=O) groups is 2. The molecule has 0 aliphatic carbocycles. The quantitative estimate of drug-likeness (QED) is 0.714. The molecule has 0 unspecified atom stereocenters. The van der Waals surface area contributed by atoms with Gasteiger partial charge in [0.25, 0.3) is 0 Å². The lowest BCUT2D eigenvalue weighted by molar-refractivity contribution is -0.137. The van der Waals surface area contributed by atoms with Crippen LogP contribution in [0.1, 0.15) is 12.0 Å². The zero-order chi connectivity index (χ0) is 15.8. The number of nitrogens with zero attached hydrogens (tertiary/aromatic N) is 1. The number of carbonyl (C=O) groups excluding carboxylic acids is 2. The van der Waals surface area contributed by atoms with Gasteiger partial charge in [0.2, 0.25) is 5.91 Å². The summed E-state index contributed by atoms with van der Waals surface area (Å²) in [5.74, 6) is 1.74. The van der Waals surface area contributed by atoms with Crippen molar-refractivity contribution >= 4 is 35.4 Å². The Morgan fingerprint density at radius 1 is 1.27 bits per heavy atom. The van der Waals surface area contributed by atoms with Crippen LogP contribution in [0.15, 0.2) is 30.3 Å². The zero-order valence-electron chi connectivity index (χ0n) is 12.7. The summed E-state index contributed by atoms with van der Waals surface area (Å²) < 4.78 is 4.64. The monoisotopic (exact) mass is 339 g/mol. The molecule has 0 aromatic heterocycles. The number of amides is 1. The van der Waals surface area contributed by atoms with Crippen molar-refractivity contribution in [2.24, 2.45) is 0 Å². The van der Waals surface area contributed by atoms with Gasteiger partial charge in [-0.3, -0.25) is 9.59 Å². The molecule has 1 fully saturated rings. The minimum Gasteiger partial charge on any atom is -0.468 e. The number of hydrogen-bond acceptors (Lipinski definition) is 5. The average Bonchev–Trinajstić information content (AvgIpc) is 3.02. The molecule has 120 valence electrons. The van der Waals surface area contributed by atoms with Gasteiger partial charge in [0.1, 0.15) is 0 Å². The summed E-state index contributed by atoms with van der Waals surface area (Å²) in [5.41, 5.74) is 1.24. The van der Waals surface area contributed by atoms with E-state index >= 15 is 0 Å². The number of thioether (sulfide) groups is 2. The first kappa shape index (κ1) is 17.2. The summed E-state index contributed by atoms with van der Waals surface area (Å²) in [5, 5.41) is 0.349. The van der Waals surface area contributed by atoms with Crippen LogP contribution < -0.4 is 0 Å². The molecule has 22 heavy (non-hydrogen) atoms. The molecular formula is C16H21NO3S2. The van der Waals surface area contributed by atoms with Gasteiger partial charge in [-0.05, 0) is 12.0 Å². The third kappa shape index (κ3) is 5.57. The van der Waals surface area contributed by atoms with Crippen LogP contribution in [0.4, 0.5) is 0 Å². The van der Waals surface area contributed by atoms with E-state index in [0.29, 0.717) is 16.8 Å². The Bertz CT molecular complexity index is 495. The highest BCUT2D eigenvalue weighted by Crippen LogP contribution is 2.23. The Hall–Kier alpha value is -1.14. The summed E-state index contributed by atoms with van der Waals surface area (Å²) in [6.45, 7) is 1.54. The van der Waals surface area contributed by atoms with Crippen molar-refractivity contribution in [1.82, 2.24) is 4.90 Å². The maximum atomic E-state index is 12.2. The van der Waals surface area contributed by atoms with E-state index < -0.39 is 0 Å². The third-order valence-electron chi connectivity index (χ3n) is 3.50. The van der Waals surface area contributed by atoms with Crippen LogP contribution in [0.25, 0.3) is 0 Å². The largest absolute Gasteiger partial charge is 0.468 e. The third-order valence-corrected chi connectivity index (χ3v) is 5.75. The van der Waals surface area contributed by atoms with Crippen LogP contribution in [-0.4, -0.2) is 53.7 Å². The maximum absolute atomic E-state index is 12.2. The van der Waals surface area contributed by atoms with Gasteiger partial charge in [0.15, 0.2) is 0 Å². The van der Waals surface area contributed by atoms with Crippen molar-refractivity contribution in [3.8, 4) is 0 Å². The van der Waals surface area contributed by atoms with Crippen LogP contribution >= 0.6 is 23.5 Å². The topological polar surface area (TPSA) is 46.6 Å². The van der Waals surface area contributed by atoms with E-state index in [0.717, 1.165) is 25.3 Å².